The van der Waals surface area contributed by atoms with Gasteiger partial charge in [-0.05, 0) is 13.0 Å². The number of nitrogens with zero attached hydrogens (tertiary/aromatic N) is 2. The zero-order chi connectivity index (χ0) is 10.1. The van der Waals surface area contributed by atoms with Gasteiger partial charge < -0.3 is 4.98 Å². The van der Waals surface area contributed by atoms with E-state index in [-0.39, 0.29) is 11.1 Å². The number of aromatic nitrogens is 3. The fourth-order valence-electron chi connectivity index (χ4n) is 1.38. The summed E-state index contributed by atoms with van der Waals surface area (Å²) in [6.45, 7) is 2.35. The van der Waals surface area contributed by atoms with Crippen LogP contribution < -0.4 is 11.1 Å². The van der Waals surface area contributed by atoms with E-state index in [2.05, 4.69) is 9.97 Å². The molecular formula is C9H9N3O2. The van der Waals surface area contributed by atoms with Gasteiger partial charge in [0.05, 0.1) is 6.20 Å². The Morgan fingerprint density at radius 3 is 2.93 bits per heavy atom. The Kier molecular flexibility index (Phi) is 1.92. The first-order valence-electron chi connectivity index (χ1n) is 4.31. The van der Waals surface area contributed by atoms with E-state index in [4.69, 9.17) is 0 Å². The van der Waals surface area contributed by atoms with Crippen molar-refractivity contribution in [1.82, 2.24) is 14.5 Å². The fourth-order valence-corrected chi connectivity index (χ4v) is 1.38. The Morgan fingerprint density at radius 2 is 2.21 bits per heavy atom. The van der Waals surface area contributed by atoms with Gasteiger partial charge in [-0.25, -0.2) is 4.98 Å². The first-order valence-corrected chi connectivity index (χ1v) is 4.31. The van der Waals surface area contributed by atoms with Crippen molar-refractivity contribution in [2.24, 2.45) is 0 Å². The molecule has 0 aliphatic heterocycles. The topological polar surface area (TPSA) is 67.8 Å². The number of rotatable bonds is 1. The van der Waals surface area contributed by atoms with Crippen LogP contribution in [-0.4, -0.2) is 14.5 Å². The molecular weight excluding hydrogens is 182 g/mol. The number of fused-ring (bicyclic) bond motifs is 1. The van der Waals surface area contributed by atoms with Crippen LogP contribution in [0.2, 0.25) is 0 Å². The molecule has 0 aromatic carbocycles. The second-order valence-electron chi connectivity index (χ2n) is 2.90. The first-order chi connectivity index (χ1) is 6.72. The van der Waals surface area contributed by atoms with Crippen LogP contribution in [-0.2, 0) is 6.54 Å². The van der Waals surface area contributed by atoms with E-state index < -0.39 is 0 Å². The lowest BCUT2D eigenvalue weighted by Crippen LogP contribution is -2.22. The normalized spacial score (nSPS) is 10.6. The molecule has 0 saturated carbocycles. The van der Waals surface area contributed by atoms with Gasteiger partial charge in [0, 0.05) is 12.6 Å². The van der Waals surface area contributed by atoms with Crippen LogP contribution in [0, 0.1) is 0 Å². The molecule has 1 N–H and O–H groups in total. The van der Waals surface area contributed by atoms with Crippen molar-refractivity contribution in [3.05, 3.63) is 39.0 Å². The maximum absolute atomic E-state index is 11.4. The molecule has 0 aliphatic carbocycles. The van der Waals surface area contributed by atoms with Gasteiger partial charge in [-0.3, -0.25) is 14.2 Å². The fraction of sp³-hybridized carbons (Fsp3) is 0.222. The Balaban J connectivity index is 2.98. The van der Waals surface area contributed by atoms with E-state index in [0.717, 1.165) is 0 Å². The third-order valence-corrected chi connectivity index (χ3v) is 2.04. The summed E-state index contributed by atoms with van der Waals surface area (Å²) in [5.41, 5.74) is 0.660. The average molecular weight is 191 g/mol. The minimum absolute atomic E-state index is 0.207. The molecule has 0 amide bonds. The van der Waals surface area contributed by atoms with E-state index in [0.29, 0.717) is 17.7 Å². The second kappa shape index (κ2) is 3.10. The molecule has 0 aliphatic rings. The Labute approximate surface area is 79.0 Å². The van der Waals surface area contributed by atoms with E-state index in [1.54, 1.807) is 6.07 Å². The van der Waals surface area contributed by atoms with Gasteiger partial charge in [-0.15, -0.1) is 0 Å². The molecule has 0 unspecified atom stereocenters. The van der Waals surface area contributed by atoms with Crippen molar-refractivity contribution in [1.29, 1.82) is 0 Å². The van der Waals surface area contributed by atoms with Crippen LogP contribution in [0.25, 0.3) is 11.2 Å². The third-order valence-electron chi connectivity index (χ3n) is 2.04. The summed E-state index contributed by atoms with van der Waals surface area (Å²) >= 11 is 0. The molecule has 0 bridgehead atoms. The smallest absolute Gasteiger partial charge is 0.270 e. The number of hydrogen-bond donors (Lipinski definition) is 1. The van der Waals surface area contributed by atoms with Crippen LogP contribution in [0.5, 0.6) is 0 Å². The number of pyridine rings is 1. The largest absolute Gasteiger partial charge is 0.307 e. The lowest BCUT2D eigenvalue weighted by atomic mass is 10.4. The molecule has 2 aromatic heterocycles. The van der Waals surface area contributed by atoms with Crippen molar-refractivity contribution < 1.29 is 0 Å². The Bertz CT molecular complexity index is 577. The maximum Gasteiger partial charge on any atom is 0.270 e. The van der Waals surface area contributed by atoms with E-state index >= 15 is 0 Å². The van der Waals surface area contributed by atoms with Crippen LogP contribution in [0.1, 0.15) is 6.92 Å². The van der Waals surface area contributed by atoms with Gasteiger partial charge in [-0.2, -0.15) is 0 Å². The Morgan fingerprint density at radius 1 is 1.43 bits per heavy atom. The maximum atomic E-state index is 11.4. The van der Waals surface area contributed by atoms with Crippen molar-refractivity contribution in [3.63, 3.8) is 0 Å². The predicted octanol–water partition coefficient (Wildman–Crippen LogP) is 0.105. The molecule has 72 valence electrons. The summed E-state index contributed by atoms with van der Waals surface area (Å²) in [7, 11) is 0. The lowest BCUT2D eigenvalue weighted by molar-refractivity contribution is 0.741. The standard InChI is InChI=1S/C9H9N3O2/c1-2-12-8(14)5-10-6-3-4-7(13)11-9(6)12/h3-5H,2H2,1H3,(H,11,13). The number of nitrogens with one attached hydrogen (secondary N) is 1. The van der Waals surface area contributed by atoms with Crippen LogP contribution >= 0.6 is 0 Å². The summed E-state index contributed by atoms with van der Waals surface area (Å²) in [5.74, 6) is 0. The SMILES string of the molecule is CCn1c(=O)cnc2ccc(=O)[nH]c21. The molecule has 14 heavy (non-hydrogen) atoms. The minimum atomic E-state index is -0.230. The number of aryl methyl sites for hydroxylation is 1. The van der Waals surface area contributed by atoms with Crippen molar-refractivity contribution >= 4 is 11.2 Å². The molecule has 0 atom stereocenters. The third kappa shape index (κ3) is 1.22. The van der Waals surface area contributed by atoms with Crippen LogP contribution in [0.3, 0.4) is 0 Å². The van der Waals surface area contributed by atoms with Crippen molar-refractivity contribution in [2.75, 3.05) is 0 Å². The summed E-state index contributed by atoms with van der Waals surface area (Å²) in [5, 5.41) is 0. The van der Waals surface area contributed by atoms with Gasteiger partial charge in [0.2, 0.25) is 5.56 Å². The molecule has 0 radical (unpaired) electrons. The van der Waals surface area contributed by atoms with E-state index in [1.807, 2.05) is 6.92 Å². The molecule has 0 spiro atoms. The quantitative estimate of drug-likeness (QED) is 0.695. The monoisotopic (exact) mass is 191 g/mol. The molecule has 5 nitrogen and oxygen atoms in total. The van der Waals surface area contributed by atoms with E-state index in [1.165, 1.54) is 16.8 Å². The summed E-state index contributed by atoms with van der Waals surface area (Å²) < 4.78 is 1.48. The minimum Gasteiger partial charge on any atom is -0.307 e. The molecule has 0 saturated heterocycles. The highest BCUT2D eigenvalue weighted by molar-refractivity contribution is 5.69. The van der Waals surface area contributed by atoms with E-state index in [9.17, 15) is 9.59 Å². The zero-order valence-corrected chi connectivity index (χ0v) is 7.65. The second-order valence-corrected chi connectivity index (χ2v) is 2.90. The van der Waals surface area contributed by atoms with Gasteiger partial charge in [0.1, 0.15) is 11.2 Å². The highest BCUT2D eigenvalue weighted by atomic mass is 16.1. The Hall–Kier alpha value is -1.91. The summed E-state index contributed by atoms with van der Waals surface area (Å²) in [4.78, 5) is 28.9. The lowest BCUT2D eigenvalue weighted by Gasteiger charge is -2.04. The summed E-state index contributed by atoms with van der Waals surface area (Å²) in [6.07, 6.45) is 1.25. The van der Waals surface area contributed by atoms with Crippen LogP contribution in [0.4, 0.5) is 0 Å². The number of H-pyrrole nitrogens is 1. The number of aromatic amines is 1. The highest BCUT2D eigenvalue weighted by Gasteiger charge is 2.02. The van der Waals surface area contributed by atoms with Crippen molar-refractivity contribution in [2.45, 2.75) is 13.5 Å². The molecule has 2 rings (SSSR count). The van der Waals surface area contributed by atoms with Gasteiger partial charge in [-0.1, -0.05) is 0 Å². The molecule has 0 fully saturated rings. The van der Waals surface area contributed by atoms with Gasteiger partial charge in [0.15, 0.2) is 0 Å². The predicted molar refractivity (Wildman–Crippen MR) is 52.3 cm³/mol. The highest BCUT2D eigenvalue weighted by Crippen LogP contribution is 2.01. The summed E-state index contributed by atoms with van der Waals surface area (Å²) in [6, 6.07) is 2.99. The number of hydrogen-bond acceptors (Lipinski definition) is 3. The first kappa shape index (κ1) is 8.68. The van der Waals surface area contributed by atoms with Crippen molar-refractivity contribution in [3.8, 4) is 0 Å². The molecule has 5 heteroatoms. The zero-order valence-electron chi connectivity index (χ0n) is 7.65. The van der Waals surface area contributed by atoms with Gasteiger partial charge >= 0.3 is 0 Å². The molecule has 2 aromatic rings. The van der Waals surface area contributed by atoms with Crippen LogP contribution in [0.15, 0.2) is 27.9 Å². The van der Waals surface area contributed by atoms with Gasteiger partial charge in [0.25, 0.3) is 5.56 Å². The average Bonchev–Trinajstić information content (AvgIpc) is 2.17. The molecule has 2 heterocycles.